The van der Waals surface area contributed by atoms with Crippen molar-refractivity contribution in [2.75, 3.05) is 13.2 Å². The van der Waals surface area contributed by atoms with Crippen molar-refractivity contribution in [1.29, 1.82) is 0 Å². The average Bonchev–Trinajstić information content (AvgIpc) is 2.58. The predicted octanol–water partition coefficient (Wildman–Crippen LogP) is 0.828. The highest BCUT2D eigenvalue weighted by Gasteiger charge is 2.34. The fraction of sp³-hybridized carbons (Fsp3) is 0.625. The number of esters is 1. The Kier molecular flexibility index (Phi) is 4.37. The van der Waals surface area contributed by atoms with E-state index in [2.05, 4.69) is 20.3 Å². The summed E-state index contributed by atoms with van der Waals surface area (Å²) in [6.45, 7) is 0.740. The van der Waals surface area contributed by atoms with Crippen LogP contribution in [0.15, 0.2) is 27.0 Å². The zero-order chi connectivity index (χ0) is 12.8. The largest absolute Gasteiger partial charge is 0.483 e. The van der Waals surface area contributed by atoms with Crippen molar-refractivity contribution in [1.82, 2.24) is 0 Å². The van der Waals surface area contributed by atoms with Crippen molar-refractivity contribution in [3.63, 3.8) is 0 Å². The SMILES string of the molecule is CC1OC(=O)C(OCC(CN=O)N=O)=C1N=O. The molecule has 0 radical (unpaired) electrons. The molecular weight excluding hydrogens is 234 g/mol. The van der Waals surface area contributed by atoms with Crippen LogP contribution in [0, 0.1) is 14.7 Å². The number of nitrogens with zero attached hydrogens (tertiary/aromatic N) is 3. The Hall–Kier alpha value is -2.19. The molecule has 2 unspecified atom stereocenters. The van der Waals surface area contributed by atoms with Crippen LogP contribution in [0.25, 0.3) is 0 Å². The van der Waals surface area contributed by atoms with E-state index in [9.17, 15) is 19.5 Å². The first-order valence-electron chi connectivity index (χ1n) is 4.67. The molecule has 0 aromatic carbocycles. The number of carbonyl (C=O) groups is 1. The van der Waals surface area contributed by atoms with Crippen LogP contribution < -0.4 is 0 Å². The Morgan fingerprint density at radius 1 is 1.41 bits per heavy atom. The highest BCUT2D eigenvalue weighted by Crippen LogP contribution is 2.24. The topological polar surface area (TPSA) is 124 Å². The maximum Gasteiger partial charge on any atom is 0.376 e. The van der Waals surface area contributed by atoms with Crippen LogP contribution in [-0.2, 0) is 14.3 Å². The molecule has 0 spiro atoms. The molecule has 1 aliphatic heterocycles. The first-order valence-corrected chi connectivity index (χ1v) is 4.67. The molecule has 0 amide bonds. The van der Waals surface area contributed by atoms with E-state index < -0.39 is 18.1 Å². The number of rotatable bonds is 7. The van der Waals surface area contributed by atoms with Crippen LogP contribution in [0.5, 0.6) is 0 Å². The minimum Gasteiger partial charge on any atom is -0.483 e. The lowest BCUT2D eigenvalue weighted by atomic mass is 10.3. The molecule has 0 aromatic heterocycles. The molecule has 1 rings (SSSR count). The zero-order valence-electron chi connectivity index (χ0n) is 8.86. The van der Waals surface area contributed by atoms with E-state index >= 15 is 0 Å². The molecule has 0 bridgehead atoms. The number of hydrogen-bond acceptors (Lipinski definition) is 9. The van der Waals surface area contributed by atoms with Gasteiger partial charge in [-0.15, -0.1) is 4.91 Å². The standard InChI is InChI=1S/C8H9N3O6/c1-4-6(11-15)7(8(12)17-4)16-3-5(10-14)2-9-13/h4-5H,2-3H2,1H3. The Morgan fingerprint density at radius 2 is 2.12 bits per heavy atom. The summed E-state index contributed by atoms with van der Waals surface area (Å²) in [6, 6.07) is -1.02. The summed E-state index contributed by atoms with van der Waals surface area (Å²) in [5.41, 5.74) is -0.182. The molecule has 0 saturated carbocycles. The van der Waals surface area contributed by atoms with Crippen LogP contribution in [0.4, 0.5) is 0 Å². The number of cyclic esters (lactones) is 1. The van der Waals surface area contributed by atoms with Crippen molar-refractivity contribution in [3.05, 3.63) is 26.2 Å². The Balaban J connectivity index is 2.69. The van der Waals surface area contributed by atoms with Crippen molar-refractivity contribution >= 4 is 5.97 Å². The van der Waals surface area contributed by atoms with Gasteiger partial charge in [0.25, 0.3) is 0 Å². The van der Waals surface area contributed by atoms with Gasteiger partial charge in [0.2, 0.25) is 5.76 Å². The summed E-state index contributed by atoms with van der Waals surface area (Å²) >= 11 is 0. The molecule has 0 aliphatic carbocycles. The van der Waals surface area contributed by atoms with E-state index in [1.54, 1.807) is 0 Å². The minimum absolute atomic E-state index is 0.182. The van der Waals surface area contributed by atoms with Gasteiger partial charge in [0.05, 0.1) is 0 Å². The fourth-order valence-corrected chi connectivity index (χ4v) is 1.19. The van der Waals surface area contributed by atoms with Gasteiger partial charge in [-0.3, -0.25) is 0 Å². The predicted molar refractivity (Wildman–Crippen MR) is 54.6 cm³/mol. The first-order chi connectivity index (χ1) is 8.13. The summed E-state index contributed by atoms with van der Waals surface area (Å²) in [6.07, 6.45) is -0.790. The zero-order valence-corrected chi connectivity index (χ0v) is 8.86. The van der Waals surface area contributed by atoms with E-state index in [0.717, 1.165) is 0 Å². The quantitative estimate of drug-likeness (QED) is 0.481. The van der Waals surface area contributed by atoms with E-state index in [-0.39, 0.29) is 24.6 Å². The van der Waals surface area contributed by atoms with Gasteiger partial charge < -0.3 is 9.47 Å². The summed E-state index contributed by atoms with van der Waals surface area (Å²) in [5, 5.41) is 7.68. The molecular formula is C8H9N3O6. The Bertz CT molecular complexity index is 379. The molecule has 92 valence electrons. The van der Waals surface area contributed by atoms with Gasteiger partial charge in [0, 0.05) is 0 Å². The van der Waals surface area contributed by atoms with E-state index in [0.29, 0.717) is 0 Å². The second-order valence-corrected chi connectivity index (χ2v) is 3.24. The lowest BCUT2D eigenvalue weighted by molar-refractivity contribution is -0.142. The minimum atomic E-state index is -1.02. The highest BCUT2D eigenvalue weighted by atomic mass is 16.6. The molecule has 2 atom stereocenters. The molecule has 0 aromatic rings. The van der Waals surface area contributed by atoms with Crippen LogP contribution in [0.1, 0.15) is 6.92 Å². The van der Waals surface area contributed by atoms with Crippen molar-refractivity contribution in [2.45, 2.75) is 19.1 Å². The van der Waals surface area contributed by atoms with Gasteiger partial charge >= 0.3 is 5.97 Å². The van der Waals surface area contributed by atoms with E-state index in [4.69, 9.17) is 4.74 Å². The number of hydrogen-bond donors (Lipinski definition) is 0. The molecule has 1 heterocycles. The molecule has 0 N–H and O–H groups in total. The van der Waals surface area contributed by atoms with Crippen LogP contribution in [-0.4, -0.2) is 31.3 Å². The lowest BCUT2D eigenvalue weighted by Gasteiger charge is -2.06. The third-order valence-electron chi connectivity index (χ3n) is 2.04. The second kappa shape index (κ2) is 5.77. The lowest BCUT2D eigenvalue weighted by Crippen LogP contribution is -2.18. The van der Waals surface area contributed by atoms with E-state index in [1.807, 2.05) is 0 Å². The molecule has 0 saturated heterocycles. The summed E-state index contributed by atoms with van der Waals surface area (Å²) < 4.78 is 9.59. The van der Waals surface area contributed by atoms with E-state index in [1.165, 1.54) is 6.92 Å². The summed E-state index contributed by atoms with van der Waals surface area (Å²) in [4.78, 5) is 41.8. The molecule has 9 heteroatoms. The second-order valence-electron chi connectivity index (χ2n) is 3.24. The monoisotopic (exact) mass is 243 g/mol. The van der Waals surface area contributed by atoms with Crippen LogP contribution in [0.3, 0.4) is 0 Å². The van der Waals surface area contributed by atoms with Gasteiger partial charge in [-0.2, -0.15) is 9.81 Å². The van der Waals surface area contributed by atoms with Crippen molar-refractivity contribution in [2.24, 2.45) is 15.5 Å². The first kappa shape index (κ1) is 12.9. The number of carbonyl (C=O) groups excluding carboxylic acids is 1. The molecule has 17 heavy (non-hydrogen) atoms. The summed E-state index contributed by atoms with van der Waals surface area (Å²) in [5.74, 6) is -1.19. The van der Waals surface area contributed by atoms with Gasteiger partial charge in [-0.25, -0.2) is 4.79 Å². The van der Waals surface area contributed by atoms with Crippen LogP contribution >= 0.6 is 0 Å². The van der Waals surface area contributed by atoms with Gasteiger partial charge in [-0.1, -0.05) is 10.4 Å². The number of nitroso groups, excluding NO2 is 3. The van der Waals surface area contributed by atoms with Gasteiger partial charge in [0.1, 0.15) is 25.3 Å². The van der Waals surface area contributed by atoms with Gasteiger partial charge in [-0.05, 0) is 12.1 Å². The molecule has 0 fully saturated rings. The maximum atomic E-state index is 11.2. The van der Waals surface area contributed by atoms with Crippen LogP contribution in [0.2, 0.25) is 0 Å². The third kappa shape index (κ3) is 2.89. The maximum absolute atomic E-state index is 11.2. The van der Waals surface area contributed by atoms with Crippen molar-refractivity contribution < 1.29 is 14.3 Å². The summed E-state index contributed by atoms with van der Waals surface area (Å²) in [7, 11) is 0. The molecule has 1 aliphatic rings. The fourth-order valence-electron chi connectivity index (χ4n) is 1.19. The average molecular weight is 243 g/mol. The third-order valence-corrected chi connectivity index (χ3v) is 2.04. The smallest absolute Gasteiger partial charge is 0.376 e. The Morgan fingerprint density at radius 3 is 2.65 bits per heavy atom. The normalized spacial score (nSPS) is 20.8. The Labute approximate surface area is 95.1 Å². The molecule has 9 nitrogen and oxygen atoms in total. The number of ether oxygens (including phenoxy) is 2. The van der Waals surface area contributed by atoms with Gasteiger partial charge in [0.15, 0.2) is 5.70 Å². The van der Waals surface area contributed by atoms with Crippen molar-refractivity contribution in [3.8, 4) is 0 Å². The highest BCUT2D eigenvalue weighted by molar-refractivity contribution is 5.90.